The van der Waals surface area contributed by atoms with Crippen LogP contribution >= 0.6 is 7.60 Å². The largest absolute Gasteiger partial charge is 0.367 e. The maximum Gasteiger partial charge on any atom is 0.358 e. The van der Waals surface area contributed by atoms with Crippen LogP contribution in [-0.4, -0.2) is 19.2 Å². The van der Waals surface area contributed by atoms with Crippen molar-refractivity contribution in [2.45, 2.75) is 12.7 Å². The van der Waals surface area contributed by atoms with Crippen LogP contribution in [0.4, 0.5) is 5.69 Å². The Morgan fingerprint density at radius 3 is 2.40 bits per heavy atom. The summed E-state index contributed by atoms with van der Waals surface area (Å²) in [5.74, 6) is -0.589. The van der Waals surface area contributed by atoms with Gasteiger partial charge in [0.1, 0.15) is 0 Å². The zero-order valence-electron chi connectivity index (χ0n) is 11.8. The quantitative estimate of drug-likeness (QED) is 0.793. The number of nitrogens with one attached hydrogen (secondary N) is 2. The third kappa shape index (κ3) is 2.96. The van der Waals surface area contributed by atoms with Gasteiger partial charge in [-0.3, -0.25) is 4.57 Å². The summed E-state index contributed by atoms with van der Waals surface area (Å²) >= 11 is 0. The average Bonchev–Trinajstić information content (AvgIpc) is 2.99. The van der Waals surface area contributed by atoms with Crippen LogP contribution in [0.25, 0.3) is 0 Å². The van der Waals surface area contributed by atoms with E-state index in [2.05, 4.69) is 10.3 Å². The molecule has 20 heavy (non-hydrogen) atoms. The fourth-order valence-electron chi connectivity index (χ4n) is 2.01. The van der Waals surface area contributed by atoms with Crippen molar-refractivity contribution in [3.8, 4) is 0 Å². The van der Waals surface area contributed by atoms with E-state index >= 15 is 0 Å². The van der Waals surface area contributed by atoms with Crippen molar-refractivity contribution < 1.29 is 13.6 Å². The highest BCUT2D eigenvalue weighted by Gasteiger charge is 2.36. The predicted molar refractivity (Wildman–Crippen MR) is 80.0 cm³/mol. The number of benzene rings is 1. The first-order valence-corrected chi connectivity index (χ1v) is 7.88. The molecule has 1 unspecified atom stereocenters. The average molecular weight is 294 g/mol. The molecule has 1 aromatic heterocycles. The molecular formula is C14H19N2O3P. The van der Waals surface area contributed by atoms with Crippen LogP contribution in [0, 0.1) is 6.92 Å². The Hall–Kier alpha value is -1.55. The number of aromatic nitrogens is 1. The van der Waals surface area contributed by atoms with E-state index in [4.69, 9.17) is 9.05 Å². The van der Waals surface area contributed by atoms with Crippen molar-refractivity contribution in [1.29, 1.82) is 0 Å². The lowest BCUT2D eigenvalue weighted by atomic mass is 10.2. The highest BCUT2D eigenvalue weighted by molar-refractivity contribution is 7.54. The number of anilines is 1. The van der Waals surface area contributed by atoms with Crippen LogP contribution in [0.2, 0.25) is 0 Å². The van der Waals surface area contributed by atoms with Gasteiger partial charge in [0.2, 0.25) is 0 Å². The molecule has 0 spiro atoms. The monoisotopic (exact) mass is 294 g/mol. The highest BCUT2D eigenvalue weighted by Crippen LogP contribution is 2.59. The first kappa shape index (κ1) is 14.9. The van der Waals surface area contributed by atoms with Gasteiger partial charge in [-0.2, -0.15) is 0 Å². The number of aryl methyl sites for hydroxylation is 1. The van der Waals surface area contributed by atoms with Crippen molar-refractivity contribution in [3.05, 3.63) is 53.9 Å². The molecule has 0 radical (unpaired) electrons. The summed E-state index contributed by atoms with van der Waals surface area (Å²) in [6, 6.07) is 11.5. The third-order valence-electron chi connectivity index (χ3n) is 3.18. The minimum Gasteiger partial charge on any atom is -0.367 e. The smallest absolute Gasteiger partial charge is 0.358 e. The molecule has 0 aliphatic rings. The molecule has 1 heterocycles. The number of H-pyrrole nitrogens is 1. The molecule has 1 aromatic carbocycles. The molecular weight excluding hydrogens is 275 g/mol. The number of rotatable bonds is 6. The standard InChI is InChI=1S/C14H19N2O3P/c1-11-7-4-5-8-12(11)16-14(13-9-6-10-15-13)20(17,18-2)19-3/h4-10,14-16H,1-3H3. The maximum absolute atomic E-state index is 12.7. The second-order valence-electron chi connectivity index (χ2n) is 4.39. The van der Waals surface area contributed by atoms with Crippen LogP contribution < -0.4 is 5.32 Å². The Morgan fingerprint density at radius 2 is 1.85 bits per heavy atom. The van der Waals surface area contributed by atoms with E-state index in [1.54, 1.807) is 6.20 Å². The van der Waals surface area contributed by atoms with Crippen LogP contribution in [0.5, 0.6) is 0 Å². The first-order valence-electron chi connectivity index (χ1n) is 6.27. The van der Waals surface area contributed by atoms with E-state index in [1.165, 1.54) is 14.2 Å². The van der Waals surface area contributed by atoms with Crippen molar-refractivity contribution in [1.82, 2.24) is 4.98 Å². The molecule has 0 saturated heterocycles. The molecule has 5 nitrogen and oxygen atoms in total. The van der Waals surface area contributed by atoms with Gasteiger partial charge in [0.05, 0.1) is 0 Å². The fraction of sp³-hybridized carbons (Fsp3) is 0.286. The highest BCUT2D eigenvalue weighted by atomic mass is 31.2. The van der Waals surface area contributed by atoms with Crippen molar-refractivity contribution >= 4 is 13.3 Å². The van der Waals surface area contributed by atoms with Gasteiger partial charge in [0.15, 0.2) is 5.78 Å². The molecule has 2 aromatic rings. The summed E-state index contributed by atoms with van der Waals surface area (Å²) in [4.78, 5) is 3.06. The number of aromatic amines is 1. The van der Waals surface area contributed by atoms with Crippen molar-refractivity contribution in [2.24, 2.45) is 0 Å². The SMILES string of the molecule is COP(=O)(OC)C(Nc1ccccc1C)c1ccc[nH]1. The number of para-hydroxylation sites is 1. The maximum atomic E-state index is 12.7. The normalized spacial score (nSPS) is 13.2. The summed E-state index contributed by atoms with van der Waals surface area (Å²) in [5, 5.41) is 3.25. The Kier molecular flexibility index (Phi) is 4.65. The van der Waals surface area contributed by atoms with Crippen LogP contribution in [0.3, 0.4) is 0 Å². The fourth-order valence-corrected chi connectivity index (χ4v) is 3.38. The van der Waals surface area contributed by atoms with E-state index in [0.717, 1.165) is 16.9 Å². The van der Waals surface area contributed by atoms with Gasteiger partial charge >= 0.3 is 7.60 Å². The predicted octanol–water partition coefficient (Wildman–Crippen LogP) is 3.92. The summed E-state index contributed by atoms with van der Waals surface area (Å²) in [6.07, 6.45) is 1.78. The topological polar surface area (TPSA) is 63.4 Å². The van der Waals surface area contributed by atoms with Gasteiger partial charge < -0.3 is 19.3 Å². The van der Waals surface area contributed by atoms with Gasteiger partial charge in [0, 0.05) is 31.8 Å². The van der Waals surface area contributed by atoms with Gasteiger partial charge in [-0.05, 0) is 30.7 Å². The molecule has 0 aliphatic carbocycles. The molecule has 0 aliphatic heterocycles. The lowest BCUT2D eigenvalue weighted by Gasteiger charge is -2.26. The van der Waals surface area contributed by atoms with Gasteiger partial charge in [0.25, 0.3) is 0 Å². The van der Waals surface area contributed by atoms with E-state index in [0.29, 0.717) is 0 Å². The molecule has 1 atom stereocenters. The minimum atomic E-state index is -3.31. The zero-order valence-corrected chi connectivity index (χ0v) is 12.7. The second kappa shape index (κ2) is 6.27. The van der Waals surface area contributed by atoms with E-state index in [1.807, 2.05) is 43.3 Å². The number of hydrogen-bond acceptors (Lipinski definition) is 4. The van der Waals surface area contributed by atoms with E-state index in [9.17, 15) is 4.57 Å². The number of hydrogen-bond donors (Lipinski definition) is 2. The summed E-state index contributed by atoms with van der Waals surface area (Å²) in [7, 11) is -0.530. The Bertz CT molecular complexity index is 590. The third-order valence-corrected chi connectivity index (χ3v) is 5.24. The van der Waals surface area contributed by atoms with Gasteiger partial charge in [-0.1, -0.05) is 18.2 Å². The van der Waals surface area contributed by atoms with Crippen LogP contribution in [-0.2, 0) is 13.6 Å². The van der Waals surface area contributed by atoms with E-state index < -0.39 is 13.4 Å². The minimum absolute atomic E-state index is 0.589. The Balaban J connectivity index is 2.38. The zero-order chi connectivity index (χ0) is 14.6. The molecule has 2 N–H and O–H groups in total. The van der Waals surface area contributed by atoms with E-state index in [-0.39, 0.29) is 0 Å². The van der Waals surface area contributed by atoms with Gasteiger partial charge in [-0.15, -0.1) is 0 Å². The molecule has 6 heteroatoms. The molecule has 0 saturated carbocycles. The van der Waals surface area contributed by atoms with Gasteiger partial charge in [-0.25, -0.2) is 0 Å². The molecule has 108 valence electrons. The molecule has 2 rings (SSSR count). The second-order valence-corrected chi connectivity index (χ2v) is 6.72. The summed E-state index contributed by atoms with van der Waals surface area (Å²) in [6.45, 7) is 1.98. The molecule has 0 fully saturated rings. The van der Waals surface area contributed by atoms with Crippen molar-refractivity contribution in [2.75, 3.05) is 19.5 Å². The first-order chi connectivity index (χ1) is 9.60. The molecule has 0 amide bonds. The van der Waals surface area contributed by atoms with Crippen molar-refractivity contribution in [3.63, 3.8) is 0 Å². The molecule has 0 bridgehead atoms. The van der Waals surface area contributed by atoms with Crippen LogP contribution in [0.15, 0.2) is 42.6 Å². The Labute approximate surface area is 118 Å². The lowest BCUT2D eigenvalue weighted by Crippen LogP contribution is -2.14. The summed E-state index contributed by atoms with van der Waals surface area (Å²) in [5.41, 5.74) is 2.70. The van der Waals surface area contributed by atoms with Crippen LogP contribution in [0.1, 0.15) is 17.0 Å². The lowest BCUT2D eigenvalue weighted by molar-refractivity contribution is 0.268. The summed E-state index contributed by atoms with van der Waals surface area (Å²) < 4.78 is 23.0. The Morgan fingerprint density at radius 1 is 1.15 bits per heavy atom.